The summed E-state index contributed by atoms with van der Waals surface area (Å²) in [6.45, 7) is 6.45. The molecule has 0 aromatic carbocycles. The molecule has 4 heteroatoms. The summed E-state index contributed by atoms with van der Waals surface area (Å²) in [5, 5.41) is 6.57. The monoisotopic (exact) mass is 253 g/mol. The minimum absolute atomic E-state index is 0.218. The average molecular weight is 253 g/mol. The van der Waals surface area contributed by atoms with E-state index in [1.807, 2.05) is 0 Å². The molecule has 0 bridgehead atoms. The molecule has 3 unspecified atom stereocenters. The molecule has 2 rings (SSSR count). The Bertz CT molecular complexity index is 282. The average Bonchev–Trinajstić information content (AvgIpc) is 2.76. The Morgan fingerprint density at radius 1 is 1.44 bits per heavy atom. The van der Waals surface area contributed by atoms with Crippen molar-refractivity contribution in [1.82, 2.24) is 15.5 Å². The van der Waals surface area contributed by atoms with E-state index in [4.69, 9.17) is 0 Å². The lowest BCUT2D eigenvalue weighted by molar-refractivity contribution is -0.122. The first kappa shape index (κ1) is 13.8. The zero-order valence-electron chi connectivity index (χ0n) is 11.7. The Kier molecular flexibility index (Phi) is 5.01. The number of likely N-dealkylation sites (tertiary alicyclic amines) is 1. The summed E-state index contributed by atoms with van der Waals surface area (Å²) in [6, 6.07) is 0.380. The molecule has 2 N–H and O–H groups in total. The number of carbonyl (C=O) groups excluding carboxylic acids is 1. The minimum atomic E-state index is 0.218. The van der Waals surface area contributed by atoms with E-state index in [2.05, 4.69) is 29.5 Å². The topological polar surface area (TPSA) is 44.4 Å². The summed E-state index contributed by atoms with van der Waals surface area (Å²) in [4.78, 5) is 14.3. The molecular weight excluding hydrogens is 226 g/mol. The summed E-state index contributed by atoms with van der Waals surface area (Å²) in [7, 11) is 2.15. The van der Waals surface area contributed by atoms with Gasteiger partial charge >= 0.3 is 0 Å². The molecule has 1 amide bonds. The molecule has 2 saturated heterocycles. The Morgan fingerprint density at radius 3 is 2.94 bits per heavy atom. The molecule has 2 aliphatic heterocycles. The fourth-order valence-electron chi connectivity index (χ4n) is 3.11. The molecule has 0 aromatic rings. The number of hydrogen-bond acceptors (Lipinski definition) is 3. The van der Waals surface area contributed by atoms with Crippen LogP contribution in [0.2, 0.25) is 0 Å². The van der Waals surface area contributed by atoms with Crippen LogP contribution < -0.4 is 10.6 Å². The summed E-state index contributed by atoms with van der Waals surface area (Å²) < 4.78 is 0. The maximum absolute atomic E-state index is 11.9. The second kappa shape index (κ2) is 6.53. The lowest BCUT2D eigenvalue weighted by atomic mass is 9.90. The van der Waals surface area contributed by atoms with Crippen LogP contribution in [0.5, 0.6) is 0 Å². The third-order valence-corrected chi connectivity index (χ3v) is 4.41. The fraction of sp³-hybridized carbons (Fsp3) is 0.929. The van der Waals surface area contributed by atoms with Gasteiger partial charge in [0, 0.05) is 25.6 Å². The molecule has 0 aromatic heterocycles. The van der Waals surface area contributed by atoms with Crippen LogP contribution in [0.25, 0.3) is 0 Å². The van der Waals surface area contributed by atoms with E-state index in [1.165, 1.54) is 25.8 Å². The molecule has 2 fully saturated rings. The van der Waals surface area contributed by atoms with Gasteiger partial charge in [0.1, 0.15) is 0 Å². The van der Waals surface area contributed by atoms with E-state index < -0.39 is 0 Å². The van der Waals surface area contributed by atoms with Crippen molar-refractivity contribution >= 4 is 5.91 Å². The van der Waals surface area contributed by atoms with Crippen LogP contribution >= 0.6 is 0 Å². The van der Waals surface area contributed by atoms with Gasteiger partial charge in [-0.25, -0.2) is 0 Å². The van der Waals surface area contributed by atoms with Crippen LogP contribution in [0.1, 0.15) is 32.6 Å². The van der Waals surface area contributed by atoms with Crippen LogP contribution in [0.3, 0.4) is 0 Å². The SMILES string of the molecule is CC1CCCNC1CC(=O)NCC1CCN(C)C1. The Morgan fingerprint density at radius 2 is 2.28 bits per heavy atom. The Hall–Kier alpha value is -0.610. The quantitative estimate of drug-likeness (QED) is 0.780. The molecular formula is C14H27N3O. The van der Waals surface area contributed by atoms with Crippen molar-refractivity contribution in [2.24, 2.45) is 11.8 Å². The summed E-state index contributed by atoms with van der Waals surface area (Å²) in [5.41, 5.74) is 0. The molecule has 18 heavy (non-hydrogen) atoms. The third-order valence-electron chi connectivity index (χ3n) is 4.41. The van der Waals surface area contributed by atoms with Crippen LogP contribution in [-0.4, -0.2) is 50.1 Å². The second-order valence-electron chi connectivity index (χ2n) is 6.11. The number of nitrogens with zero attached hydrogens (tertiary/aromatic N) is 1. The van der Waals surface area contributed by atoms with Gasteiger partial charge in [0.15, 0.2) is 0 Å². The van der Waals surface area contributed by atoms with Crippen molar-refractivity contribution in [2.75, 3.05) is 33.2 Å². The zero-order chi connectivity index (χ0) is 13.0. The molecule has 2 aliphatic rings. The number of rotatable bonds is 4. The van der Waals surface area contributed by atoms with E-state index in [1.54, 1.807) is 0 Å². The van der Waals surface area contributed by atoms with Crippen LogP contribution in [-0.2, 0) is 4.79 Å². The van der Waals surface area contributed by atoms with Gasteiger partial charge in [-0.3, -0.25) is 4.79 Å². The summed E-state index contributed by atoms with van der Waals surface area (Å²) in [6.07, 6.45) is 4.35. The zero-order valence-corrected chi connectivity index (χ0v) is 11.7. The molecule has 0 saturated carbocycles. The highest BCUT2D eigenvalue weighted by Gasteiger charge is 2.24. The van der Waals surface area contributed by atoms with Crippen molar-refractivity contribution in [3.63, 3.8) is 0 Å². The molecule has 4 nitrogen and oxygen atoms in total. The maximum Gasteiger partial charge on any atom is 0.221 e. The first-order valence-electron chi connectivity index (χ1n) is 7.34. The molecule has 0 aliphatic carbocycles. The van der Waals surface area contributed by atoms with E-state index in [0.29, 0.717) is 24.3 Å². The number of amides is 1. The highest BCUT2D eigenvalue weighted by Crippen LogP contribution is 2.18. The van der Waals surface area contributed by atoms with Crippen molar-refractivity contribution in [3.8, 4) is 0 Å². The van der Waals surface area contributed by atoms with Crippen LogP contribution in [0.15, 0.2) is 0 Å². The highest BCUT2D eigenvalue weighted by atomic mass is 16.1. The number of hydrogen-bond donors (Lipinski definition) is 2. The first-order chi connectivity index (χ1) is 8.65. The maximum atomic E-state index is 11.9. The first-order valence-corrected chi connectivity index (χ1v) is 7.34. The second-order valence-corrected chi connectivity index (χ2v) is 6.11. The van der Waals surface area contributed by atoms with Crippen molar-refractivity contribution < 1.29 is 4.79 Å². The minimum Gasteiger partial charge on any atom is -0.356 e. The van der Waals surface area contributed by atoms with Crippen LogP contribution in [0.4, 0.5) is 0 Å². The Balaban J connectivity index is 1.65. The molecule has 0 radical (unpaired) electrons. The number of piperidine rings is 1. The van der Waals surface area contributed by atoms with E-state index >= 15 is 0 Å². The molecule has 104 valence electrons. The molecule has 0 spiro atoms. The third kappa shape index (κ3) is 3.95. The lowest BCUT2D eigenvalue weighted by Gasteiger charge is -2.29. The summed E-state index contributed by atoms with van der Waals surface area (Å²) >= 11 is 0. The highest BCUT2D eigenvalue weighted by molar-refractivity contribution is 5.76. The summed E-state index contributed by atoms with van der Waals surface area (Å²) in [5.74, 6) is 1.49. The predicted molar refractivity (Wildman–Crippen MR) is 73.4 cm³/mol. The van der Waals surface area contributed by atoms with Gasteiger partial charge in [0.25, 0.3) is 0 Å². The van der Waals surface area contributed by atoms with Crippen LogP contribution in [0, 0.1) is 11.8 Å². The van der Waals surface area contributed by atoms with E-state index in [0.717, 1.165) is 19.6 Å². The van der Waals surface area contributed by atoms with Gasteiger partial charge < -0.3 is 15.5 Å². The standard InChI is InChI=1S/C14H27N3O/c1-11-4-3-6-15-13(11)8-14(18)16-9-12-5-7-17(2)10-12/h11-13,15H,3-10H2,1-2H3,(H,16,18). The predicted octanol–water partition coefficient (Wildman–Crippen LogP) is 0.833. The smallest absolute Gasteiger partial charge is 0.221 e. The number of carbonyl (C=O) groups is 1. The van der Waals surface area contributed by atoms with Gasteiger partial charge in [-0.05, 0) is 51.2 Å². The molecule has 3 atom stereocenters. The van der Waals surface area contributed by atoms with Gasteiger partial charge in [0.2, 0.25) is 5.91 Å². The van der Waals surface area contributed by atoms with Crippen molar-refractivity contribution in [1.29, 1.82) is 0 Å². The Labute approximate surface area is 110 Å². The van der Waals surface area contributed by atoms with Crippen molar-refractivity contribution in [2.45, 2.75) is 38.6 Å². The normalized spacial score (nSPS) is 33.6. The lowest BCUT2D eigenvalue weighted by Crippen LogP contribution is -2.44. The van der Waals surface area contributed by atoms with Gasteiger partial charge in [-0.1, -0.05) is 6.92 Å². The van der Waals surface area contributed by atoms with Crippen molar-refractivity contribution in [3.05, 3.63) is 0 Å². The molecule has 2 heterocycles. The fourth-order valence-corrected chi connectivity index (χ4v) is 3.11. The van der Waals surface area contributed by atoms with E-state index in [9.17, 15) is 4.79 Å². The van der Waals surface area contributed by atoms with E-state index in [-0.39, 0.29) is 5.91 Å². The van der Waals surface area contributed by atoms with Gasteiger partial charge in [-0.2, -0.15) is 0 Å². The van der Waals surface area contributed by atoms with Gasteiger partial charge in [0.05, 0.1) is 0 Å². The van der Waals surface area contributed by atoms with Gasteiger partial charge in [-0.15, -0.1) is 0 Å². The number of nitrogens with one attached hydrogen (secondary N) is 2. The largest absolute Gasteiger partial charge is 0.356 e.